The highest BCUT2D eigenvalue weighted by atomic mass is 16.5. The number of benzene rings is 1. The van der Waals surface area contributed by atoms with Crippen molar-refractivity contribution in [3.8, 4) is 5.75 Å². The Hall–Kier alpha value is -2.83. The normalized spacial score (nSPS) is 19.2. The van der Waals surface area contributed by atoms with Gasteiger partial charge in [0.05, 0.1) is 18.7 Å². The van der Waals surface area contributed by atoms with Crippen LogP contribution < -0.4 is 9.64 Å². The van der Waals surface area contributed by atoms with E-state index in [1.54, 1.807) is 30.0 Å². The topological polar surface area (TPSA) is 90.1 Å². The van der Waals surface area contributed by atoms with Crippen molar-refractivity contribution in [2.45, 2.75) is 25.8 Å². The molecule has 0 fully saturated rings. The summed E-state index contributed by atoms with van der Waals surface area (Å²) < 4.78 is 7.11. The van der Waals surface area contributed by atoms with Crippen molar-refractivity contribution in [2.24, 2.45) is 0 Å². The molecule has 0 bridgehead atoms. The molecule has 7 nitrogen and oxygen atoms in total. The van der Waals surface area contributed by atoms with Gasteiger partial charge in [0.15, 0.2) is 6.20 Å². The van der Waals surface area contributed by atoms with Gasteiger partial charge in [-0.15, -0.1) is 0 Å². The van der Waals surface area contributed by atoms with Gasteiger partial charge < -0.3 is 19.8 Å². The van der Waals surface area contributed by atoms with Crippen molar-refractivity contribution in [1.29, 1.82) is 0 Å². The van der Waals surface area contributed by atoms with Crippen LogP contribution in [0.2, 0.25) is 0 Å². The summed E-state index contributed by atoms with van der Waals surface area (Å²) in [7, 11) is 1.66. The number of aliphatic hydroxyl groups excluding tert-OH is 1. The molecule has 2 aliphatic heterocycles. The van der Waals surface area contributed by atoms with E-state index < -0.39 is 12.0 Å². The molecule has 7 heteroatoms. The average Bonchev–Trinajstić information content (AvgIpc) is 3.00. The molecule has 1 aromatic carbocycles. The minimum atomic E-state index is -0.937. The molecular weight excluding hydrogens is 312 g/mol. The number of carboxylic acid groups (broad SMARTS) is 1. The standard InChI is InChI=1S/C17H18N2O5/c1-10-8-11-13(9-14(10)24-7-5-15(20)21)18(2)17(23)12-4-3-6-19(12)16(11)22/h3,6,8-9,12H,4-5,7H2,1-2H3,(H,20,21)/p+1/t12-/m0/s1. The molecular formula is C17H19N2O5+. The first-order chi connectivity index (χ1) is 11.4. The summed E-state index contributed by atoms with van der Waals surface area (Å²) in [6.45, 7) is 1.85. The molecule has 1 atom stereocenters. The van der Waals surface area contributed by atoms with Gasteiger partial charge in [-0.2, -0.15) is 4.58 Å². The van der Waals surface area contributed by atoms with Gasteiger partial charge >= 0.3 is 11.9 Å². The van der Waals surface area contributed by atoms with Crippen LogP contribution >= 0.6 is 0 Å². The van der Waals surface area contributed by atoms with Gasteiger partial charge in [-0.3, -0.25) is 9.59 Å². The summed E-state index contributed by atoms with van der Waals surface area (Å²) in [5.74, 6) is -0.527. The van der Waals surface area contributed by atoms with E-state index in [2.05, 4.69) is 0 Å². The van der Waals surface area contributed by atoms with E-state index in [0.29, 0.717) is 23.4 Å². The van der Waals surface area contributed by atoms with E-state index in [1.807, 2.05) is 13.0 Å². The monoisotopic (exact) mass is 331 g/mol. The lowest BCUT2D eigenvalue weighted by atomic mass is 10.1. The number of hydrogen-bond acceptors (Lipinski definition) is 3. The van der Waals surface area contributed by atoms with Crippen molar-refractivity contribution in [1.82, 2.24) is 0 Å². The van der Waals surface area contributed by atoms with Gasteiger partial charge in [0.2, 0.25) is 6.04 Å². The van der Waals surface area contributed by atoms with Crippen LogP contribution in [0.1, 0.15) is 24.0 Å². The van der Waals surface area contributed by atoms with Crippen LogP contribution in [0.5, 0.6) is 5.75 Å². The van der Waals surface area contributed by atoms with E-state index in [1.165, 1.54) is 4.90 Å². The van der Waals surface area contributed by atoms with Gasteiger partial charge in [0, 0.05) is 19.5 Å². The maximum Gasteiger partial charge on any atom is 0.375 e. The average molecular weight is 331 g/mol. The summed E-state index contributed by atoms with van der Waals surface area (Å²) >= 11 is 0. The third-order valence-corrected chi connectivity index (χ3v) is 4.29. The Morgan fingerprint density at radius 3 is 2.92 bits per heavy atom. The summed E-state index contributed by atoms with van der Waals surface area (Å²) in [6.07, 6.45) is 4.01. The highest BCUT2D eigenvalue weighted by molar-refractivity contribution is 6.06. The van der Waals surface area contributed by atoms with Gasteiger partial charge in [0.1, 0.15) is 11.3 Å². The minimum absolute atomic E-state index is 0.0293. The third-order valence-electron chi connectivity index (χ3n) is 4.29. The molecule has 0 aromatic heterocycles. The molecule has 0 spiro atoms. The predicted octanol–water partition coefficient (Wildman–Crippen LogP) is 1.43. The number of fused-ring (bicyclic) bond motifs is 2. The number of carbonyl (C=O) groups excluding carboxylic acids is 1. The Morgan fingerprint density at radius 2 is 2.21 bits per heavy atom. The number of aliphatic carboxylic acids is 1. The number of aryl methyl sites for hydroxylation is 1. The van der Waals surface area contributed by atoms with Crippen LogP contribution in [-0.2, 0) is 9.59 Å². The highest BCUT2D eigenvalue weighted by Gasteiger charge is 2.41. The van der Waals surface area contributed by atoms with Crippen molar-refractivity contribution in [3.63, 3.8) is 0 Å². The zero-order valence-electron chi connectivity index (χ0n) is 13.5. The molecule has 0 aliphatic carbocycles. The van der Waals surface area contributed by atoms with Gasteiger partial charge in [-0.1, -0.05) is 0 Å². The largest absolute Gasteiger partial charge is 0.493 e. The number of carbonyl (C=O) groups is 2. The van der Waals surface area contributed by atoms with E-state index in [0.717, 1.165) is 5.56 Å². The molecule has 1 aromatic rings. The molecule has 0 saturated heterocycles. The third kappa shape index (κ3) is 2.62. The fourth-order valence-corrected chi connectivity index (χ4v) is 2.98. The second kappa shape index (κ2) is 5.99. The van der Waals surface area contributed by atoms with Crippen LogP contribution in [0, 0.1) is 6.92 Å². The number of rotatable bonds is 4. The summed E-state index contributed by atoms with van der Waals surface area (Å²) in [4.78, 5) is 24.8. The van der Waals surface area contributed by atoms with Crippen LogP contribution in [-0.4, -0.2) is 52.3 Å². The van der Waals surface area contributed by atoms with Gasteiger partial charge in [-0.05, 0) is 24.6 Å². The molecule has 0 unspecified atom stereocenters. The zero-order chi connectivity index (χ0) is 17.4. The first-order valence-corrected chi connectivity index (χ1v) is 7.68. The van der Waals surface area contributed by atoms with Crippen LogP contribution in [0.4, 0.5) is 5.69 Å². The Balaban J connectivity index is 2.03. The summed E-state index contributed by atoms with van der Waals surface area (Å²) in [5.41, 5.74) is 1.84. The maximum absolute atomic E-state index is 12.6. The second-order valence-corrected chi connectivity index (χ2v) is 5.89. The van der Waals surface area contributed by atoms with Gasteiger partial charge in [-0.25, -0.2) is 0 Å². The highest BCUT2D eigenvalue weighted by Crippen LogP contribution is 2.33. The molecule has 2 heterocycles. The SMILES string of the molecule is Cc1cc2c(cc1OCCC(=O)O)N(C)C(=O)[C@@H]1CC=C[N+]1=C2O. The Morgan fingerprint density at radius 1 is 1.46 bits per heavy atom. The predicted molar refractivity (Wildman–Crippen MR) is 86.9 cm³/mol. The molecule has 0 saturated carbocycles. The number of amides is 1. The van der Waals surface area contributed by atoms with E-state index in [4.69, 9.17) is 9.84 Å². The van der Waals surface area contributed by atoms with E-state index in [9.17, 15) is 14.7 Å². The van der Waals surface area contributed by atoms with Crippen LogP contribution in [0.25, 0.3) is 0 Å². The van der Waals surface area contributed by atoms with Crippen molar-refractivity contribution >= 4 is 23.5 Å². The summed E-state index contributed by atoms with van der Waals surface area (Å²) in [6, 6.07) is 2.98. The number of ether oxygens (including phenoxy) is 1. The maximum atomic E-state index is 12.6. The number of anilines is 1. The molecule has 2 aliphatic rings. The van der Waals surface area contributed by atoms with Crippen LogP contribution in [0.3, 0.4) is 0 Å². The number of hydrogen-bond donors (Lipinski definition) is 2. The Kier molecular flexibility index (Phi) is 4.01. The lowest BCUT2D eigenvalue weighted by Crippen LogP contribution is -2.39. The summed E-state index contributed by atoms with van der Waals surface area (Å²) in [5, 5.41) is 19.3. The molecule has 1 amide bonds. The lowest BCUT2D eigenvalue weighted by Gasteiger charge is -2.19. The number of likely N-dealkylation sites (N-methyl/N-ethyl adjacent to an activating group) is 1. The molecule has 24 heavy (non-hydrogen) atoms. The fraction of sp³-hybridized carbons (Fsp3) is 0.353. The van der Waals surface area contributed by atoms with Crippen LogP contribution in [0.15, 0.2) is 24.4 Å². The molecule has 2 N–H and O–H groups in total. The second-order valence-electron chi connectivity index (χ2n) is 5.89. The van der Waals surface area contributed by atoms with Gasteiger partial charge in [0.25, 0.3) is 5.91 Å². The number of aliphatic hydroxyl groups is 1. The quantitative estimate of drug-likeness (QED) is 0.815. The fourth-order valence-electron chi connectivity index (χ4n) is 2.98. The molecule has 126 valence electrons. The van der Waals surface area contributed by atoms with E-state index >= 15 is 0 Å². The zero-order valence-corrected chi connectivity index (χ0v) is 13.5. The lowest BCUT2D eigenvalue weighted by molar-refractivity contribution is -0.482. The minimum Gasteiger partial charge on any atom is -0.493 e. The Bertz CT molecular complexity index is 781. The number of carboxylic acids is 1. The molecule has 0 radical (unpaired) electrons. The van der Waals surface area contributed by atoms with Crippen molar-refractivity contribution < 1.29 is 29.1 Å². The number of nitrogens with zero attached hydrogens (tertiary/aromatic N) is 2. The van der Waals surface area contributed by atoms with E-state index in [-0.39, 0.29) is 24.8 Å². The van der Waals surface area contributed by atoms with Crippen molar-refractivity contribution in [3.05, 3.63) is 35.5 Å². The smallest absolute Gasteiger partial charge is 0.375 e. The first kappa shape index (κ1) is 16.0. The molecule has 3 rings (SSSR count). The first-order valence-electron chi connectivity index (χ1n) is 7.68. The Labute approximate surface area is 139 Å². The van der Waals surface area contributed by atoms with Crippen molar-refractivity contribution in [2.75, 3.05) is 18.6 Å².